The fourth-order valence-corrected chi connectivity index (χ4v) is 4.13. The number of rotatable bonds is 4. The van der Waals surface area contributed by atoms with E-state index < -0.39 is 10.0 Å². The maximum Gasteiger partial charge on any atom is 0.264 e. The Balaban J connectivity index is 1.68. The number of fused-ring (bicyclic) bond motifs is 1. The lowest BCUT2D eigenvalue weighted by Gasteiger charge is -2.22. The maximum absolute atomic E-state index is 12.6. The van der Waals surface area contributed by atoms with Crippen molar-refractivity contribution in [1.29, 1.82) is 0 Å². The molecule has 0 saturated carbocycles. The standard InChI is InChI=1S/C19H18ClN5O2S/c1-12-3-9-16(10-4-12)28(26,27)24-18-22-19-21-13(2)11-17(25(19)23-18)14-5-7-15(20)8-6-14/h3-10,17H,11H2,1-2H3,(H,23,24). The van der Waals surface area contributed by atoms with E-state index in [0.717, 1.165) is 16.8 Å². The SMILES string of the molecule is CC1=Nc2nc(NS(=O)(=O)c3ccc(C)cc3)nn2C(c2ccc(Cl)cc2)C1. The van der Waals surface area contributed by atoms with Crippen molar-refractivity contribution in [3.8, 4) is 0 Å². The van der Waals surface area contributed by atoms with Gasteiger partial charge in [0.25, 0.3) is 16.0 Å². The number of sulfonamides is 1. The molecule has 0 radical (unpaired) electrons. The topological polar surface area (TPSA) is 89.2 Å². The van der Waals surface area contributed by atoms with Gasteiger partial charge in [-0.3, -0.25) is 0 Å². The summed E-state index contributed by atoms with van der Waals surface area (Å²) in [5.41, 5.74) is 2.87. The van der Waals surface area contributed by atoms with Crippen LogP contribution in [0.1, 0.15) is 30.5 Å². The molecule has 4 rings (SSSR count). The number of anilines is 1. The lowest BCUT2D eigenvalue weighted by Crippen LogP contribution is -2.19. The fraction of sp³-hybridized carbons (Fsp3) is 0.211. The van der Waals surface area contributed by atoms with Gasteiger partial charge in [0, 0.05) is 17.2 Å². The highest BCUT2D eigenvalue weighted by Crippen LogP contribution is 2.32. The van der Waals surface area contributed by atoms with Crippen LogP contribution in [0.2, 0.25) is 5.02 Å². The molecule has 28 heavy (non-hydrogen) atoms. The molecule has 2 aromatic carbocycles. The third-order valence-electron chi connectivity index (χ3n) is 4.50. The maximum atomic E-state index is 12.6. The van der Waals surface area contributed by atoms with E-state index in [0.29, 0.717) is 17.4 Å². The number of aliphatic imine (C=N–C) groups is 1. The molecule has 0 amide bonds. The lowest BCUT2D eigenvalue weighted by molar-refractivity contribution is 0.531. The average molecular weight is 416 g/mol. The monoisotopic (exact) mass is 415 g/mol. The van der Waals surface area contributed by atoms with Gasteiger partial charge in [0.05, 0.1) is 10.9 Å². The quantitative estimate of drug-likeness (QED) is 0.693. The molecule has 2 heterocycles. The summed E-state index contributed by atoms with van der Waals surface area (Å²) in [6.07, 6.45) is 0.655. The van der Waals surface area contributed by atoms with E-state index >= 15 is 0 Å². The third kappa shape index (κ3) is 3.65. The van der Waals surface area contributed by atoms with Gasteiger partial charge < -0.3 is 0 Å². The van der Waals surface area contributed by atoms with Gasteiger partial charge in [-0.1, -0.05) is 41.4 Å². The van der Waals surface area contributed by atoms with Crippen molar-refractivity contribution in [1.82, 2.24) is 14.8 Å². The second kappa shape index (κ2) is 7.03. The van der Waals surface area contributed by atoms with Crippen LogP contribution < -0.4 is 4.72 Å². The van der Waals surface area contributed by atoms with Crippen molar-refractivity contribution in [3.05, 3.63) is 64.7 Å². The number of nitrogens with zero attached hydrogens (tertiary/aromatic N) is 4. The zero-order chi connectivity index (χ0) is 19.9. The van der Waals surface area contributed by atoms with E-state index in [2.05, 4.69) is 19.8 Å². The molecular weight excluding hydrogens is 398 g/mol. The minimum Gasteiger partial charge on any atom is -0.246 e. The van der Waals surface area contributed by atoms with E-state index in [-0.39, 0.29) is 16.9 Å². The van der Waals surface area contributed by atoms with Gasteiger partial charge in [-0.15, -0.1) is 5.10 Å². The molecule has 3 aromatic rings. The summed E-state index contributed by atoms with van der Waals surface area (Å²) in [6, 6.07) is 13.9. The molecule has 0 spiro atoms. The van der Waals surface area contributed by atoms with Crippen LogP contribution in [-0.4, -0.2) is 28.9 Å². The molecule has 0 bridgehead atoms. The second-order valence-corrected chi connectivity index (χ2v) is 8.84. The van der Waals surface area contributed by atoms with Gasteiger partial charge in [-0.05, 0) is 43.7 Å². The summed E-state index contributed by atoms with van der Waals surface area (Å²) in [6.45, 7) is 3.81. The van der Waals surface area contributed by atoms with Gasteiger partial charge in [-0.2, -0.15) is 4.98 Å². The van der Waals surface area contributed by atoms with Crippen LogP contribution in [0.25, 0.3) is 0 Å². The van der Waals surface area contributed by atoms with Crippen LogP contribution in [0.5, 0.6) is 0 Å². The molecule has 9 heteroatoms. The van der Waals surface area contributed by atoms with Crippen LogP contribution >= 0.6 is 11.6 Å². The van der Waals surface area contributed by atoms with Crippen molar-refractivity contribution >= 4 is 39.2 Å². The van der Waals surface area contributed by atoms with E-state index in [1.165, 1.54) is 0 Å². The zero-order valence-electron chi connectivity index (χ0n) is 15.3. The van der Waals surface area contributed by atoms with Crippen LogP contribution in [-0.2, 0) is 10.0 Å². The van der Waals surface area contributed by atoms with Crippen LogP contribution in [0, 0.1) is 6.92 Å². The fourth-order valence-electron chi connectivity index (χ4n) is 3.07. The largest absolute Gasteiger partial charge is 0.264 e. The number of hydrogen-bond donors (Lipinski definition) is 1. The number of aromatic nitrogens is 3. The molecule has 1 N–H and O–H groups in total. The van der Waals surface area contributed by atoms with Crippen molar-refractivity contribution in [3.63, 3.8) is 0 Å². The number of nitrogens with one attached hydrogen (secondary N) is 1. The summed E-state index contributed by atoms with van der Waals surface area (Å²) in [4.78, 5) is 8.84. The minimum atomic E-state index is -3.79. The number of halogens is 1. The molecule has 1 atom stereocenters. The summed E-state index contributed by atoms with van der Waals surface area (Å²) in [5.74, 6) is 0.360. The first kappa shape index (κ1) is 18.6. The van der Waals surface area contributed by atoms with Gasteiger partial charge in [0.2, 0.25) is 5.95 Å². The van der Waals surface area contributed by atoms with E-state index in [1.54, 1.807) is 28.9 Å². The zero-order valence-corrected chi connectivity index (χ0v) is 16.9. The Morgan fingerprint density at radius 3 is 2.43 bits per heavy atom. The summed E-state index contributed by atoms with van der Waals surface area (Å²) >= 11 is 5.99. The molecule has 0 saturated heterocycles. The van der Waals surface area contributed by atoms with Crippen LogP contribution in [0.4, 0.5) is 11.9 Å². The van der Waals surface area contributed by atoms with E-state index in [4.69, 9.17) is 11.6 Å². The number of aryl methyl sites for hydroxylation is 1. The highest BCUT2D eigenvalue weighted by molar-refractivity contribution is 7.92. The smallest absolute Gasteiger partial charge is 0.246 e. The van der Waals surface area contributed by atoms with Crippen LogP contribution in [0.3, 0.4) is 0 Å². The van der Waals surface area contributed by atoms with Gasteiger partial charge in [0.15, 0.2) is 0 Å². The van der Waals surface area contributed by atoms with E-state index in [1.807, 2.05) is 38.1 Å². The predicted molar refractivity (Wildman–Crippen MR) is 109 cm³/mol. The molecule has 1 aliphatic rings. The Morgan fingerprint density at radius 1 is 1.07 bits per heavy atom. The molecule has 1 unspecified atom stereocenters. The summed E-state index contributed by atoms with van der Waals surface area (Å²) < 4.78 is 29.3. The third-order valence-corrected chi connectivity index (χ3v) is 6.10. The first-order chi connectivity index (χ1) is 13.3. The van der Waals surface area contributed by atoms with Crippen molar-refractivity contribution in [2.45, 2.75) is 31.2 Å². The first-order valence-corrected chi connectivity index (χ1v) is 10.5. The van der Waals surface area contributed by atoms with Gasteiger partial charge in [0.1, 0.15) is 0 Å². The molecule has 144 valence electrons. The van der Waals surface area contributed by atoms with Crippen molar-refractivity contribution in [2.75, 3.05) is 4.72 Å². The molecule has 1 aliphatic heterocycles. The highest BCUT2D eigenvalue weighted by atomic mass is 35.5. The second-order valence-electron chi connectivity index (χ2n) is 6.72. The average Bonchev–Trinajstić information content (AvgIpc) is 3.03. The van der Waals surface area contributed by atoms with E-state index in [9.17, 15) is 8.42 Å². The molecule has 0 fully saturated rings. The summed E-state index contributed by atoms with van der Waals surface area (Å²) in [5, 5.41) is 5.02. The Kier molecular flexibility index (Phi) is 4.68. The van der Waals surface area contributed by atoms with Gasteiger partial charge >= 0.3 is 0 Å². The lowest BCUT2D eigenvalue weighted by atomic mass is 10.0. The van der Waals surface area contributed by atoms with Crippen molar-refractivity contribution in [2.24, 2.45) is 4.99 Å². The Hall–Kier alpha value is -2.71. The number of benzene rings is 2. The minimum absolute atomic E-state index is 0.00649. The van der Waals surface area contributed by atoms with Gasteiger partial charge in [-0.25, -0.2) is 22.8 Å². The summed E-state index contributed by atoms with van der Waals surface area (Å²) in [7, 11) is -3.79. The Labute approximate surface area is 168 Å². The van der Waals surface area contributed by atoms with Crippen molar-refractivity contribution < 1.29 is 8.42 Å². The normalized spacial score (nSPS) is 16.4. The predicted octanol–water partition coefficient (Wildman–Crippen LogP) is 4.13. The Morgan fingerprint density at radius 2 is 1.75 bits per heavy atom. The Bertz CT molecular complexity index is 1150. The molecular formula is C19H18ClN5O2S. The molecule has 1 aromatic heterocycles. The molecule has 7 nitrogen and oxygen atoms in total. The van der Waals surface area contributed by atoms with Crippen LogP contribution in [0.15, 0.2) is 58.4 Å². The molecule has 0 aliphatic carbocycles. The number of hydrogen-bond acceptors (Lipinski definition) is 5. The first-order valence-electron chi connectivity index (χ1n) is 8.67. The highest BCUT2D eigenvalue weighted by Gasteiger charge is 2.27.